The SMILES string of the molecule is NCCOCCOCCC(=O)Cc1cccc2c1CN(C1CCC(=O)NC1=O)C2=O. The lowest BCUT2D eigenvalue weighted by Gasteiger charge is -2.29. The molecule has 3 amide bonds. The van der Waals surface area contributed by atoms with Crippen LogP contribution < -0.4 is 11.1 Å². The van der Waals surface area contributed by atoms with Gasteiger partial charge in [-0.25, -0.2) is 0 Å². The number of amides is 3. The fourth-order valence-electron chi connectivity index (χ4n) is 3.71. The van der Waals surface area contributed by atoms with Crippen LogP contribution in [0.1, 0.15) is 40.7 Å². The number of nitrogens with zero attached hydrogens (tertiary/aromatic N) is 1. The number of hydrogen-bond acceptors (Lipinski definition) is 7. The van der Waals surface area contributed by atoms with Crippen molar-refractivity contribution in [1.82, 2.24) is 10.2 Å². The van der Waals surface area contributed by atoms with Gasteiger partial charge < -0.3 is 20.1 Å². The lowest BCUT2D eigenvalue weighted by molar-refractivity contribution is -0.137. The van der Waals surface area contributed by atoms with Gasteiger partial charge in [-0.15, -0.1) is 0 Å². The zero-order chi connectivity index (χ0) is 21.5. The minimum absolute atomic E-state index is 0.0122. The van der Waals surface area contributed by atoms with Crippen molar-refractivity contribution in [1.29, 1.82) is 0 Å². The van der Waals surface area contributed by atoms with Gasteiger partial charge >= 0.3 is 0 Å². The van der Waals surface area contributed by atoms with Crippen molar-refractivity contribution in [2.24, 2.45) is 5.73 Å². The zero-order valence-corrected chi connectivity index (χ0v) is 16.9. The number of piperidine rings is 1. The Morgan fingerprint density at radius 1 is 1.13 bits per heavy atom. The number of carbonyl (C=O) groups excluding carboxylic acids is 4. The van der Waals surface area contributed by atoms with E-state index in [2.05, 4.69) is 5.32 Å². The molecule has 2 aliphatic rings. The van der Waals surface area contributed by atoms with Gasteiger partial charge in [0.25, 0.3) is 5.91 Å². The van der Waals surface area contributed by atoms with Crippen LogP contribution in [0, 0.1) is 0 Å². The van der Waals surface area contributed by atoms with Crippen LogP contribution in [0.15, 0.2) is 18.2 Å². The second-order valence-electron chi connectivity index (χ2n) is 7.32. The van der Waals surface area contributed by atoms with Gasteiger partial charge in [-0.1, -0.05) is 12.1 Å². The summed E-state index contributed by atoms with van der Waals surface area (Å²) in [7, 11) is 0. The summed E-state index contributed by atoms with van der Waals surface area (Å²) >= 11 is 0. The molecule has 0 saturated carbocycles. The summed E-state index contributed by atoms with van der Waals surface area (Å²) < 4.78 is 10.6. The second kappa shape index (κ2) is 10.4. The maximum Gasteiger partial charge on any atom is 0.255 e. The number of hydrogen-bond donors (Lipinski definition) is 2. The van der Waals surface area contributed by atoms with E-state index in [9.17, 15) is 19.2 Å². The number of nitrogens with two attached hydrogens (primary N) is 1. The first-order valence-corrected chi connectivity index (χ1v) is 10.1. The number of imide groups is 1. The van der Waals surface area contributed by atoms with E-state index in [-0.39, 0.29) is 43.4 Å². The van der Waals surface area contributed by atoms with Crippen LogP contribution >= 0.6 is 0 Å². The molecule has 162 valence electrons. The largest absolute Gasteiger partial charge is 0.379 e. The molecule has 1 aromatic rings. The van der Waals surface area contributed by atoms with E-state index in [0.29, 0.717) is 45.0 Å². The topological polar surface area (TPSA) is 128 Å². The number of rotatable bonds is 11. The molecule has 1 atom stereocenters. The highest BCUT2D eigenvalue weighted by Crippen LogP contribution is 2.30. The van der Waals surface area contributed by atoms with E-state index in [0.717, 1.165) is 11.1 Å². The van der Waals surface area contributed by atoms with Crippen LogP contribution in [0.4, 0.5) is 0 Å². The smallest absolute Gasteiger partial charge is 0.255 e. The highest BCUT2D eigenvalue weighted by Gasteiger charge is 2.39. The first-order chi connectivity index (χ1) is 14.5. The number of benzene rings is 1. The van der Waals surface area contributed by atoms with E-state index in [1.54, 1.807) is 12.1 Å². The number of fused-ring (bicyclic) bond motifs is 1. The molecular formula is C21H27N3O6. The zero-order valence-electron chi connectivity index (χ0n) is 16.9. The fourth-order valence-corrected chi connectivity index (χ4v) is 3.71. The van der Waals surface area contributed by atoms with Gasteiger partial charge in [0.05, 0.1) is 26.4 Å². The van der Waals surface area contributed by atoms with Gasteiger partial charge in [0.1, 0.15) is 11.8 Å². The molecule has 9 nitrogen and oxygen atoms in total. The van der Waals surface area contributed by atoms with Gasteiger partial charge in [-0.3, -0.25) is 24.5 Å². The van der Waals surface area contributed by atoms with Crippen molar-refractivity contribution in [3.8, 4) is 0 Å². The van der Waals surface area contributed by atoms with Crippen LogP contribution in [0.25, 0.3) is 0 Å². The van der Waals surface area contributed by atoms with Crippen LogP contribution in [0.2, 0.25) is 0 Å². The van der Waals surface area contributed by atoms with Crippen LogP contribution in [-0.4, -0.2) is 67.4 Å². The van der Waals surface area contributed by atoms with Crippen molar-refractivity contribution in [3.63, 3.8) is 0 Å². The number of nitrogens with one attached hydrogen (secondary N) is 1. The molecule has 1 unspecified atom stereocenters. The van der Waals surface area contributed by atoms with Gasteiger partial charge in [0.2, 0.25) is 11.8 Å². The Morgan fingerprint density at radius 2 is 1.90 bits per heavy atom. The van der Waals surface area contributed by atoms with E-state index in [1.165, 1.54) is 4.90 Å². The van der Waals surface area contributed by atoms with E-state index < -0.39 is 11.9 Å². The maximum absolute atomic E-state index is 12.8. The molecule has 0 aromatic heterocycles. The molecule has 0 radical (unpaired) electrons. The van der Waals surface area contributed by atoms with Crippen LogP contribution in [0.3, 0.4) is 0 Å². The molecule has 3 rings (SSSR count). The third-order valence-corrected chi connectivity index (χ3v) is 5.23. The predicted molar refractivity (Wildman–Crippen MR) is 107 cm³/mol. The molecular weight excluding hydrogens is 390 g/mol. The van der Waals surface area contributed by atoms with E-state index in [1.807, 2.05) is 6.07 Å². The molecule has 30 heavy (non-hydrogen) atoms. The molecule has 3 N–H and O–H groups in total. The van der Waals surface area contributed by atoms with E-state index >= 15 is 0 Å². The summed E-state index contributed by atoms with van der Waals surface area (Å²) in [5.74, 6) is -0.995. The standard InChI is InChI=1S/C21H27N3O6/c22-7-9-30-11-10-29-8-6-15(25)12-14-2-1-3-16-17(14)13-24(21(16)28)18-4-5-19(26)23-20(18)27/h1-3,18H,4-13,22H2,(H,23,26,27). The molecule has 1 saturated heterocycles. The summed E-state index contributed by atoms with van der Waals surface area (Å²) in [6, 6.07) is 4.63. The first kappa shape index (κ1) is 22.1. The molecule has 2 heterocycles. The maximum atomic E-state index is 12.8. The molecule has 1 aromatic carbocycles. The predicted octanol–water partition coefficient (Wildman–Crippen LogP) is -0.0588. The minimum atomic E-state index is -0.666. The van der Waals surface area contributed by atoms with Crippen molar-refractivity contribution in [2.45, 2.75) is 38.3 Å². The van der Waals surface area contributed by atoms with Crippen molar-refractivity contribution in [2.75, 3.05) is 33.0 Å². The summed E-state index contributed by atoms with van der Waals surface area (Å²) in [4.78, 5) is 50.2. The van der Waals surface area contributed by atoms with Crippen LogP contribution in [0.5, 0.6) is 0 Å². The average Bonchev–Trinajstić information content (AvgIpc) is 3.05. The van der Waals surface area contributed by atoms with Crippen molar-refractivity contribution >= 4 is 23.5 Å². The number of ether oxygens (including phenoxy) is 2. The van der Waals surface area contributed by atoms with Gasteiger partial charge in [0.15, 0.2) is 0 Å². The minimum Gasteiger partial charge on any atom is -0.379 e. The van der Waals surface area contributed by atoms with Gasteiger partial charge in [-0.05, 0) is 23.6 Å². The lowest BCUT2D eigenvalue weighted by Crippen LogP contribution is -2.52. The molecule has 0 bridgehead atoms. The summed E-state index contributed by atoms with van der Waals surface area (Å²) in [5, 5.41) is 2.29. The summed E-state index contributed by atoms with van der Waals surface area (Å²) in [6.45, 7) is 2.36. The highest BCUT2D eigenvalue weighted by molar-refractivity contribution is 6.05. The Balaban J connectivity index is 1.55. The lowest BCUT2D eigenvalue weighted by atomic mass is 9.98. The molecule has 1 fully saturated rings. The quantitative estimate of drug-likeness (QED) is 0.381. The average molecular weight is 417 g/mol. The first-order valence-electron chi connectivity index (χ1n) is 10.1. The highest BCUT2D eigenvalue weighted by atomic mass is 16.5. The third kappa shape index (κ3) is 5.29. The van der Waals surface area contributed by atoms with Gasteiger partial charge in [-0.2, -0.15) is 0 Å². The Labute approximate surface area is 174 Å². The third-order valence-electron chi connectivity index (χ3n) is 5.23. The van der Waals surface area contributed by atoms with Crippen molar-refractivity contribution in [3.05, 3.63) is 34.9 Å². The number of carbonyl (C=O) groups is 4. The molecule has 0 aliphatic carbocycles. The Kier molecular flexibility index (Phi) is 7.67. The normalized spacial score (nSPS) is 18.5. The fraction of sp³-hybridized carbons (Fsp3) is 0.524. The van der Waals surface area contributed by atoms with Gasteiger partial charge in [0, 0.05) is 37.9 Å². The van der Waals surface area contributed by atoms with Crippen LogP contribution in [-0.2, 0) is 36.8 Å². The Bertz CT molecular complexity index is 825. The van der Waals surface area contributed by atoms with Crippen molar-refractivity contribution < 1.29 is 28.7 Å². The Hall–Kier alpha value is -2.62. The summed E-state index contributed by atoms with van der Waals surface area (Å²) in [6.07, 6.45) is 0.988. The number of ketones is 1. The molecule has 2 aliphatic heterocycles. The van der Waals surface area contributed by atoms with E-state index in [4.69, 9.17) is 15.2 Å². The summed E-state index contributed by atoms with van der Waals surface area (Å²) in [5.41, 5.74) is 7.40. The second-order valence-corrected chi connectivity index (χ2v) is 7.32. The number of Topliss-reactive ketones (excluding diaryl/α,β-unsaturated/α-hetero) is 1. The Morgan fingerprint density at radius 3 is 2.63 bits per heavy atom. The molecule has 0 spiro atoms. The molecule has 9 heteroatoms. The monoisotopic (exact) mass is 417 g/mol.